The summed E-state index contributed by atoms with van der Waals surface area (Å²) < 4.78 is 0. The Morgan fingerprint density at radius 3 is 2.65 bits per heavy atom. The second-order valence-electron chi connectivity index (χ2n) is 5.75. The second kappa shape index (κ2) is 6.67. The maximum Gasteiger partial charge on any atom is 0.191 e. The van der Waals surface area contributed by atoms with Crippen molar-refractivity contribution in [1.29, 1.82) is 0 Å². The van der Waals surface area contributed by atoms with Crippen molar-refractivity contribution in [2.24, 2.45) is 10.9 Å². The average Bonchev–Trinajstić information content (AvgIpc) is 2.26. The van der Waals surface area contributed by atoms with E-state index in [2.05, 4.69) is 55.5 Å². The molecule has 1 unspecified atom stereocenters. The van der Waals surface area contributed by atoms with E-state index >= 15 is 0 Å². The van der Waals surface area contributed by atoms with Crippen LogP contribution in [0.25, 0.3) is 0 Å². The molecule has 0 heterocycles. The number of aliphatic imine (C=N–C) groups is 1. The first-order valence-corrected chi connectivity index (χ1v) is 6.73. The minimum absolute atomic E-state index is 0.0630. The Labute approximate surface area is 106 Å². The molecule has 0 radical (unpaired) electrons. The van der Waals surface area contributed by atoms with E-state index in [4.69, 9.17) is 0 Å². The third-order valence-electron chi connectivity index (χ3n) is 2.72. The lowest BCUT2D eigenvalue weighted by molar-refractivity contribution is 0.478. The van der Waals surface area contributed by atoms with Crippen LogP contribution in [-0.2, 0) is 0 Å². The molecule has 0 fully saturated rings. The summed E-state index contributed by atoms with van der Waals surface area (Å²) in [5.41, 5.74) is 0.0630. The van der Waals surface area contributed by atoms with Gasteiger partial charge in [-0.25, -0.2) is 0 Å². The van der Waals surface area contributed by atoms with Gasteiger partial charge in [-0.05, 0) is 52.9 Å². The third kappa shape index (κ3) is 6.35. The molecular weight excluding hydrogens is 210 g/mol. The molecule has 98 valence electrons. The minimum atomic E-state index is 0.0630. The van der Waals surface area contributed by atoms with Crippen molar-refractivity contribution in [2.75, 3.05) is 13.1 Å². The van der Waals surface area contributed by atoms with Gasteiger partial charge in [-0.3, -0.25) is 4.99 Å². The van der Waals surface area contributed by atoms with Crippen LogP contribution < -0.4 is 10.6 Å². The minimum Gasteiger partial charge on any atom is -0.357 e. The van der Waals surface area contributed by atoms with Gasteiger partial charge in [0.15, 0.2) is 5.96 Å². The Morgan fingerprint density at radius 1 is 1.35 bits per heavy atom. The molecule has 1 rings (SSSR count). The molecule has 3 nitrogen and oxygen atoms in total. The van der Waals surface area contributed by atoms with E-state index in [1.54, 1.807) is 0 Å². The molecular formula is C14H27N3. The smallest absolute Gasteiger partial charge is 0.191 e. The highest BCUT2D eigenvalue weighted by Crippen LogP contribution is 2.18. The van der Waals surface area contributed by atoms with Crippen LogP contribution in [-0.4, -0.2) is 24.6 Å². The molecule has 1 aliphatic rings. The van der Waals surface area contributed by atoms with E-state index in [9.17, 15) is 0 Å². The SMILES string of the molecule is CCNC(=NCC1CC=CCC1)NC(C)(C)C. The molecule has 0 saturated heterocycles. The summed E-state index contributed by atoms with van der Waals surface area (Å²) in [6, 6.07) is 0. The number of hydrogen-bond acceptors (Lipinski definition) is 1. The molecule has 0 spiro atoms. The Kier molecular flexibility index (Phi) is 5.52. The molecule has 0 aromatic rings. The molecule has 0 amide bonds. The van der Waals surface area contributed by atoms with Crippen molar-refractivity contribution in [1.82, 2.24) is 10.6 Å². The third-order valence-corrected chi connectivity index (χ3v) is 2.72. The molecule has 0 aromatic heterocycles. The zero-order valence-electron chi connectivity index (χ0n) is 11.7. The Hall–Kier alpha value is -0.990. The van der Waals surface area contributed by atoms with Crippen LogP contribution in [0.2, 0.25) is 0 Å². The Morgan fingerprint density at radius 2 is 2.12 bits per heavy atom. The summed E-state index contributed by atoms with van der Waals surface area (Å²) in [6.07, 6.45) is 8.23. The van der Waals surface area contributed by atoms with E-state index in [1.165, 1.54) is 19.3 Å². The Bertz CT molecular complexity index is 274. The highest BCUT2D eigenvalue weighted by Gasteiger charge is 2.13. The van der Waals surface area contributed by atoms with E-state index in [0.29, 0.717) is 0 Å². The number of rotatable bonds is 3. The van der Waals surface area contributed by atoms with Crippen LogP contribution >= 0.6 is 0 Å². The van der Waals surface area contributed by atoms with Crippen LogP contribution in [0.15, 0.2) is 17.1 Å². The van der Waals surface area contributed by atoms with E-state index in [0.717, 1.165) is 25.0 Å². The lowest BCUT2D eigenvalue weighted by Gasteiger charge is -2.24. The number of allylic oxidation sites excluding steroid dienone is 2. The molecule has 2 N–H and O–H groups in total. The first-order chi connectivity index (χ1) is 8.01. The quantitative estimate of drug-likeness (QED) is 0.450. The van der Waals surface area contributed by atoms with Gasteiger partial charge in [0.05, 0.1) is 0 Å². The van der Waals surface area contributed by atoms with Gasteiger partial charge in [-0.1, -0.05) is 12.2 Å². The largest absolute Gasteiger partial charge is 0.357 e. The van der Waals surface area contributed by atoms with Crippen LogP contribution in [0.4, 0.5) is 0 Å². The second-order valence-corrected chi connectivity index (χ2v) is 5.75. The molecule has 0 bridgehead atoms. The topological polar surface area (TPSA) is 36.4 Å². The van der Waals surface area contributed by atoms with Crippen LogP contribution in [0.1, 0.15) is 47.0 Å². The van der Waals surface area contributed by atoms with Crippen molar-refractivity contribution in [3.63, 3.8) is 0 Å². The maximum absolute atomic E-state index is 4.68. The summed E-state index contributed by atoms with van der Waals surface area (Å²) in [5, 5.41) is 6.72. The average molecular weight is 237 g/mol. The monoisotopic (exact) mass is 237 g/mol. The zero-order chi connectivity index (χ0) is 12.7. The molecule has 0 aromatic carbocycles. The van der Waals surface area contributed by atoms with E-state index in [1.807, 2.05) is 0 Å². The van der Waals surface area contributed by atoms with Gasteiger partial charge in [0, 0.05) is 18.6 Å². The maximum atomic E-state index is 4.68. The fourth-order valence-electron chi connectivity index (χ4n) is 1.90. The van der Waals surface area contributed by atoms with Crippen molar-refractivity contribution >= 4 is 5.96 Å². The van der Waals surface area contributed by atoms with Gasteiger partial charge in [-0.2, -0.15) is 0 Å². The molecule has 0 aliphatic heterocycles. The van der Waals surface area contributed by atoms with Gasteiger partial charge in [-0.15, -0.1) is 0 Å². The predicted octanol–water partition coefficient (Wildman–Crippen LogP) is 2.70. The van der Waals surface area contributed by atoms with Gasteiger partial charge < -0.3 is 10.6 Å². The summed E-state index contributed by atoms with van der Waals surface area (Å²) in [7, 11) is 0. The van der Waals surface area contributed by atoms with Crippen LogP contribution in [0, 0.1) is 5.92 Å². The van der Waals surface area contributed by atoms with Crippen LogP contribution in [0.3, 0.4) is 0 Å². The van der Waals surface area contributed by atoms with Crippen LogP contribution in [0.5, 0.6) is 0 Å². The number of nitrogens with one attached hydrogen (secondary N) is 2. The molecule has 1 aliphatic carbocycles. The highest BCUT2D eigenvalue weighted by atomic mass is 15.2. The van der Waals surface area contributed by atoms with Crippen molar-refractivity contribution < 1.29 is 0 Å². The molecule has 17 heavy (non-hydrogen) atoms. The number of nitrogens with zero attached hydrogens (tertiary/aromatic N) is 1. The molecule has 1 atom stereocenters. The van der Waals surface area contributed by atoms with Gasteiger partial charge in [0.1, 0.15) is 0 Å². The van der Waals surface area contributed by atoms with E-state index < -0.39 is 0 Å². The first-order valence-electron chi connectivity index (χ1n) is 6.73. The zero-order valence-corrected chi connectivity index (χ0v) is 11.7. The summed E-state index contributed by atoms with van der Waals surface area (Å²) in [6.45, 7) is 10.4. The normalized spacial score (nSPS) is 21.4. The standard InChI is InChI=1S/C14H27N3/c1-5-15-13(17-14(2,3)4)16-11-12-9-7-6-8-10-12/h6-7,12H,5,8-11H2,1-4H3,(H2,15,16,17). The number of hydrogen-bond donors (Lipinski definition) is 2. The summed E-state index contributed by atoms with van der Waals surface area (Å²) in [5.74, 6) is 1.66. The van der Waals surface area contributed by atoms with Gasteiger partial charge >= 0.3 is 0 Å². The highest BCUT2D eigenvalue weighted by molar-refractivity contribution is 5.80. The lowest BCUT2D eigenvalue weighted by Crippen LogP contribution is -2.47. The molecule has 0 saturated carbocycles. The van der Waals surface area contributed by atoms with E-state index in [-0.39, 0.29) is 5.54 Å². The van der Waals surface area contributed by atoms with Crippen molar-refractivity contribution in [3.05, 3.63) is 12.2 Å². The van der Waals surface area contributed by atoms with Gasteiger partial charge in [0.25, 0.3) is 0 Å². The lowest BCUT2D eigenvalue weighted by atomic mass is 9.95. The Balaban J connectivity index is 2.47. The molecule has 3 heteroatoms. The number of guanidine groups is 1. The summed E-state index contributed by atoms with van der Waals surface area (Å²) in [4.78, 5) is 4.68. The van der Waals surface area contributed by atoms with Crippen molar-refractivity contribution in [3.8, 4) is 0 Å². The summed E-state index contributed by atoms with van der Waals surface area (Å²) >= 11 is 0. The fraction of sp³-hybridized carbons (Fsp3) is 0.786. The van der Waals surface area contributed by atoms with Gasteiger partial charge in [0.2, 0.25) is 0 Å². The van der Waals surface area contributed by atoms with Crippen molar-refractivity contribution in [2.45, 2.75) is 52.5 Å². The first kappa shape index (κ1) is 14.1. The predicted molar refractivity (Wildman–Crippen MR) is 75.3 cm³/mol. The fourth-order valence-corrected chi connectivity index (χ4v) is 1.90.